The van der Waals surface area contributed by atoms with Crippen molar-refractivity contribution < 1.29 is 9.59 Å². The van der Waals surface area contributed by atoms with E-state index in [4.69, 9.17) is 0 Å². The van der Waals surface area contributed by atoms with E-state index in [0.29, 0.717) is 18.7 Å². The number of benzene rings is 1. The zero-order valence-corrected chi connectivity index (χ0v) is 16.0. The molecule has 0 aliphatic heterocycles. The van der Waals surface area contributed by atoms with Crippen molar-refractivity contribution in [3.63, 3.8) is 0 Å². The molecule has 134 valence electrons. The molecule has 2 N–H and O–H groups in total. The summed E-state index contributed by atoms with van der Waals surface area (Å²) in [4.78, 5) is 29.1. The van der Waals surface area contributed by atoms with E-state index in [0.717, 1.165) is 9.88 Å². The second-order valence-corrected chi connectivity index (χ2v) is 8.27. The van der Waals surface area contributed by atoms with Crippen molar-refractivity contribution in [3.8, 4) is 0 Å². The Hall–Kier alpha value is -2.21. The molecule has 0 unspecified atom stereocenters. The number of nitrogens with one attached hydrogen (secondary N) is 2. The van der Waals surface area contributed by atoms with E-state index >= 15 is 0 Å². The van der Waals surface area contributed by atoms with Crippen molar-refractivity contribution in [1.29, 1.82) is 0 Å². The first-order chi connectivity index (χ1) is 11.8. The van der Waals surface area contributed by atoms with Crippen molar-refractivity contribution in [3.05, 3.63) is 51.5 Å². The van der Waals surface area contributed by atoms with Gasteiger partial charge < -0.3 is 10.6 Å². The summed E-state index contributed by atoms with van der Waals surface area (Å²) in [5, 5.41) is 6.59. The number of aromatic nitrogens is 1. The maximum absolute atomic E-state index is 12.1. The smallest absolute Gasteiger partial charge is 0.251 e. The van der Waals surface area contributed by atoms with Crippen LogP contribution in [0.5, 0.6) is 0 Å². The summed E-state index contributed by atoms with van der Waals surface area (Å²) in [6.45, 7) is 9.12. The summed E-state index contributed by atoms with van der Waals surface area (Å²) in [7, 11) is 0. The average Bonchev–Trinajstić information content (AvgIpc) is 2.97. The second-order valence-electron chi connectivity index (χ2n) is 6.96. The Bertz CT molecular complexity index is 730. The number of carbonyl (C=O) groups is 2. The highest BCUT2D eigenvalue weighted by atomic mass is 32.1. The van der Waals surface area contributed by atoms with Gasteiger partial charge in [0.1, 0.15) is 0 Å². The third-order valence-corrected chi connectivity index (χ3v) is 4.69. The predicted octanol–water partition coefficient (Wildman–Crippen LogP) is 3.19. The van der Waals surface area contributed by atoms with Gasteiger partial charge in [0.2, 0.25) is 5.91 Å². The second kappa shape index (κ2) is 8.25. The zero-order chi connectivity index (χ0) is 18.4. The molecule has 0 spiro atoms. The molecule has 0 radical (unpaired) electrons. The lowest BCUT2D eigenvalue weighted by molar-refractivity contribution is -0.121. The lowest BCUT2D eigenvalue weighted by atomic mass is 9.87. The molecule has 0 aliphatic rings. The minimum atomic E-state index is -0.161. The molecule has 2 aromatic rings. The molecule has 0 saturated heterocycles. The summed E-state index contributed by atoms with van der Waals surface area (Å²) in [5.74, 6) is -0.249. The molecular formula is C19H25N3O2S. The van der Waals surface area contributed by atoms with Crippen molar-refractivity contribution in [1.82, 2.24) is 15.6 Å². The van der Waals surface area contributed by atoms with Crippen molar-refractivity contribution in [2.45, 2.75) is 46.1 Å². The van der Waals surface area contributed by atoms with E-state index in [-0.39, 0.29) is 23.7 Å². The van der Waals surface area contributed by atoms with Gasteiger partial charge in [0.05, 0.1) is 11.6 Å². The van der Waals surface area contributed by atoms with E-state index < -0.39 is 0 Å². The minimum Gasteiger partial charge on any atom is -0.352 e. The Morgan fingerprint density at radius 1 is 1.12 bits per heavy atom. The number of aryl methyl sites for hydroxylation is 1. The van der Waals surface area contributed by atoms with E-state index in [9.17, 15) is 9.59 Å². The molecule has 0 bridgehead atoms. The van der Waals surface area contributed by atoms with Crippen LogP contribution < -0.4 is 10.6 Å². The molecule has 1 aromatic heterocycles. The molecule has 0 aliphatic carbocycles. The fourth-order valence-corrected chi connectivity index (χ4v) is 3.01. The predicted molar refractivity (Wildman–Crippen MR) is 101 cm³/mol. The molecule has 1 heterocycles. The van der Waals surface area contributed by atoms with Crippen LogP contribution >= 0.6 is 11.3 Å². The molecule has 1 aromatic carbocycles. The van der Waals surface area contributed by atoms with Crippen molar-refractivity contribution in [2.75, 3.05) is 6.54 Å². The van der Waals surface area contributed by atoms with Crippen LogP contribution in [-0.2, 0) is 16.8 Å². The first kappa shape index (κ1) is 19.1. The van der Waals surface area contributed by atoms with E-state index in [1.807, 2.05) is 31.2 Å². The number of amides is 2. The topological polar surface area (TPSA) is 71.1 Å². The van der Waals surface area contributed by atoms with Crippen LogP contribution in [0.25, 0.3) is 0 Å². The largest absolute Gasteiger partial charge is 0.352 e. The highest BCUT2D eigenvalue weighted by Gasteiger charge is 2.14. The van der Waals surface area contributed by atoms with Crippen molar-refractivity contribution >= 4 is 23.2 Å². The highest BCUT2D eigenvalue weighted by Crippen LogP contribution is 2.22. The monoisotopic (exact) mass is 359 g/mol. The number of rotatable bonds is 6. The van der Waals surface area contributed by atoms with Crippen LogP contribution in [0.3, 0.4) is 0 Å². The van der Waals surface area contributed by atoms with Gasteiger partial charge in [-0.1, -0.05) is 32.9 Å². The van der Waals surface area contributed by atoms with Crippen LogP contribution in [0.2, 0.25) is 0 Å². The Morgan fingerprint density at radius 2 is 1.80 bits per heavy atom. The normalized spacial score (nSPS) is 11.2. The molecule has 25 heavy (non-hydrogen) atoms. The van der Waals surface area contributed by atoms with Crippen LogP contribution in [-0.4, -0.2) is 23.3 Å². The summed E-state index contributed by atoms with van der Waals surface area (Å²) in [5.41, 5.74) is 1.85. The quantitative estimate of drug-likeness (QED) is 0.832. The first-order valence-corrected chi connectivity index (χ1v) is 9.14. The number of hydrogen-bond donors (Lipinski definition) is 2. The average molecular weight is 359 g/mol. The Balaban J connectivity index is 1.73. The van der Waals surface area contributed by atoms with Gasteiger partial charge >= 0.3 is 0 Å². The Kier molecular flexibility index (Phi) is 6.31. The molecule has 0 fully saturated rings. The summed E-state index contributed by atoms with van der Waals surface area (Å²) < 4.78 is 0. The fraction of sp³-hybridized carbons (Fsp3) is 0.421. The zero-order valence-electron chi connectivity index (χ0n) is 15.2. The maximum Gasteiger partial charge on any atom is 0.251 e. The van der Waals surface area contributed by atoms with Crippen LogP contribution in [0.15, 0.2) is 30.5 Å². The van der Waals surface area contributed by atoms with Crippen LogP contribution in [0.4, 0.5) is 0 Å². The third kappa shape index (κ3) is 5.98. The lowest BCUT2D eigenvalue weighted by Crippen LogP contribution is -2.30. The van der Waals surface area contributed by atoms with Gasteiger partial charge in [-0.05, 0) is 30.0 Å². The van der Waals surface area contributed by atoms with Gasteiger partial charge in [-0.15, -0.1) is 11.3 Å². The van der Waals surface area contributed by atoms with Crippen LogP contribution in [0, 0.1) is 6.92 Å². The molecule has 6 heteroatoms. The molecular weight excluding hydrogens is 334 g/mol. The summed E-state index contributed by atoms with van der Waals surface area (Å²) in [6.07, 6.45) is 2.02. The van der Waals surface area contributed by atoms with Gasteiger partial charge in [-0.25, -0.2) is 4.98 Å². The number of thiazole rings is 1. The Labute approximate surface area is 152 Å². The van der Waals surface area contributed by atoms with E-state index in [1.54, 1.807) is 17.5 Å². The Morgan fingerprint density at radius 3 is 2.36 bits per heavy atom. The van der Waals surface area contributed by atoms with E-state index in [2.05, 4.69) is 36.4 Å². The minimum absolute atomic E-state index is 0.0592. The lowest BCUT2D eigenvalue weighted by Gasteiger charge is -2.19. The molecule has 2 amide bonds. The molecule has 2 rings (SSSR count). The molecule has 0 atom stereocenters. The molecule has 0 saturated carbocycles. The van der Waals surface area contributed by atoms with Gasteiger partial charge in [-0.2, -0.15) is 0 Å². The van der Waals surface area contributed by atoms with Gasteiger partial charge in [0.15, 0.2) is 0 Å². The number of carbonyl (C=O) groups excluding carboxylic acids is 2. The number of nitrogens with zero attached hydrogens (tertiary/aromatic N) is 1. The SMILES string of the molecule is Cc1ncc(CNC(=O)CCNC(=O)c2ccc(C(C)(C)C)cc2)s1. The van der Waals surface area contributed by atoms with Crippen molar-refractivity contribution in [2.24, 2.45) is 0 Å². The van der Waals surface area contributed by atoms with Gasteiger partial charge in [0, 0.05) is 29.6 Å². The highest BCUT2D eigenvalue weighted by molar-refractivity contribution is 7.11. The summed E-state index contributed by atoms with van der Waals surface area (Å²) in [6, 6.07) is 7.58. The fourth-order valence-electron chi connectivity index (χ4n) is 2.27. The maximum atomic E-state index is 12.1. The van der Waals surface area contributed by atoms with Gasteiger partial charge in [0.25, 0.3) is 5.91 Å². The molecule has 5 nitrogen and oxygen atoms in total. The number of hydrogen-bond acceptors (Lipinski definition) is 4. The van der Waals surface area contributed by atoms with E-state index in [1.165, 1.54) is 5.56 Å². The van der Waals surface area contributed by atoms with Crippen LogP contribution in [0.1, 0.15) is 53.0 Å². The summed E-state index contributed by atoms with van der Waals surface area (Å²) >= 11 is 1.56. The van der Waals surface area contributed by atoms with Gasteiger partial charge in [-0.3, -0.25) is 9.59 Å². The first-order valence-electron chi connectivity index (χ1n) is 8.32. The standard InChI is InChI=1S/C19H25N3O2S/c1-13-21-11-16(25-13)12-22-17(23)9-10-20-18(24)14-5-7-15(8-6-14)19(2,3)4/h5-8,11H,9-10,12H2,1-4H3,(H,20,24)(H,22,23). The third-order valence-electron chi connectivity index (χ3n) is 3.78.